The van der Waals surface area contributed by atoms with Crippen molar-refractivity contribution in [2.75, 3.05) is 6.54 Å². The van der Waals surface area contributed by atoms with Crippen LogP contribution in [0, 0.1) is 34.8 Å². The quantitative estimate of drug-likeness (QED) is 0.274. The van der Waals surface area contributed by atoms with Gasteiger partial charge in [-0.1, -0.05) is 74.0 Å². The summed E-state index contributed by atoms with van der Waals surface area (Å²) in [6.45, 7) is 5.12. The number of nitriles is 1. The van der Waals surface area contributed by atoms with E-state index in [0.29, 0.717) is 12.3 Å². The predicted octanol–water partition coefficient (Wildman–Crippen LogP) is 6.01. The van der Waals surface area contributed by atoms with Crippen LogP contribution >= 0.6 is 23.2 Å². The van der Waals surface area contributed by atoms with Crippen molar-refractivity contribution in [1.29, 1.82) is 5.26 Å². The van der Waals surface area contributed by atoms with Crippen molar-refractivity contribution in [2.24, 2.45) is 11.8 Å². The molecule has 228 valence electrons. The van der Waals surface area contributed by atoms with Gasteiger partial charge in [-0.25, -0.2) is 8.78 Å². The molecule has 1 saturated heterocycles. The first-order valence-corrected chi connectivity index (χ1v) is 15.3. The van der Waals surface area contributed by atoms with E-state index >= 15 is 8.78 Å². The molecule has 6 unspecified atom stereocenters. The predicted molar refractivity (Wildman–Crippen MR) is 159 cm³/mol. The minimum atomic E-state index is -1.69. The maximum atomic E-state index is 15.8. The van der Waals surface area contributed by atoms with Crippen LogP contribution in [0.25, 0.3) is 0 Å². The summed E-state index contributed by atoms with van der Waals surface area (Å²) >= 11 is 12.3. The van der Waals surface area contributed by atoms with Crippen LogP contribution in [-0.2, 0) is 10.2 Å². The average Bonchev–Trinajstić information content (AvgIpc) is 3.25. The highest BCUT2D eigenvalue weighted by Crippen LogP contribution is 2.53. The lowest BCUT2D eigenvalue weighted by molar-refractivity contribution is -0.123. The van der Waals surface area contributed by atoms with E-state index in [-0.39, 0.29) is 40.1 Å². The number of nitrogens with zero attached hydrogens (tertiary/aromatic N) is 1. The number of benzene rings is 2. The zero-order chi connectivity index (χ0) is 30.8. The second kappa shape index (κ2) is 13.2. The molecule has 6 nitrogen and oxygen atoms in total. The minimum Gasteiger partial charge on any atom is -0.390 e. The third kappa shape index (κ3) is 6.46. The number of hydrogen-bond donors (Lipinski definition) is 4. The van der Waals surface area contributed by atoms with Gasteiger partial charge in [-0.3, -0.25) is 4.79 Å². The van der Waals surface area contributed by atoms with Crippen molar-refractivity contribution in [3.05, 3.63) is 69.2 Å². The summed E-state index contributed by atoms with van der Waals surface area (Å²) in [5.74, 6) is -2.59. The maximum Gasteiger partial charge on any atom is 0.237 e. The number of amides is 1. The summed E-state index contributed by atoms with van der Waals surface area (Å²) < 4.78 is 31.6. The summed E-state index contributed by atoms with van der Waals surface area (Å²) in [4.78, 5) is 13.8. The standard InChI is InChI=1S/C32H39Cl2F2N3O3/c1-18-7-4-5-8-19(18)15-25-32(17-37,22-12-11-20(33)16-24(22)35)27(21-9-6-10-23(34)28(21)36)29(39-25)30(41)38-14-13-26(40)31(2,3)42/h6,9-12,16,18-19,25-27,29,39-40,42H,4-5,7-8,13-15H2,1-3H3,(H,38,41)/t18?,19?,25?,26-,27?,29?,32?/m0/s1. The molecule has 2 aromatic rings. The monoisotopic (exact) mass is 621 g/mol. The zero-order valence-corrected chi connectivity index (χ0v) is 25.7. The number of hydrogen-bond acceptors (Lipinski definition) is 5. The number of halogens is 4. The molecule has 0 radical (unpaired) electrons. The van der Waals surface area contributed by atoms with Crippen LogP contribution in [0.15, 0.2) is 36.4 Å². The van der Waals surface area contributed by atoms with Gasteiger partial charge in [0.05, 0.1) is 28.8 Å². The van der Waals surface area contributed by atoms with Gasteiger partial charge in [0.2, 0.25) is 5.91 Å². The van der Waals surface area contributed by atoms with Gasteiger partial charge in [0, 0.05) is 29.1 Å². The highest BCUT2D eigenvalue weighted by molar-refractivity contribution is 6.31. The van der Waals surface area contributed by atoms with E-state index in [2.05, 4.69) is 23.6 Å². The van der Waals surface area contributed by atoms with Gasteiger partial charge in [-0.15, -0.1) is 0 Å². The van der Waals surface area contributed by atoms with Crippen molar-refractivity contribution >= 4 is 29.1 Å². The molecular formula is C32H39Cl2F2N3O3. The molecular weight excluding hydrogens is 583 g/mol. The van der Waals surface area contributed by atoms with Gasteiger partial charge < -0.3 is 20.8 Å². The van der Waals surface area contributed by atoms with E-state index in [1.807, 2.05) is 0 Å². The number of nitrogens with one attached hydrogen (secondary N) is 2. The van der Waals surface area contributed by atoms with Gasteiger partial charge in [0.1, 0.15) is 17.0 Å². The summed E-state index contributed by atoms with van der Waals surface area (Å²) in [5, 5.41) is 37.5. The molecule has 42 heavy (non-hydrogen) atoms. The largest absolute Gasteiger partial charge is 0.390 e. The fourth-order valence-corrected chi connectivity index (χ4v) is 7.16. The normalized spacial score (nSPS) is 28.7. The zero-order valence-electron chi connectivity index (χ0n) is 24.1. The Morgan fingerprint density at radius 1 is 1.24 bits per heavy atom. The molecule has 2 aliphatic rings. The number of aliphatic hydroxyl groups is 2. The van der Waals surface area contributed by atoms with Crippen LogP contribution in [0.4, 0.5) is 8.78 Å². The van der Waals surface area contributed by atoms with E-state index in [1.54, 1.807) is 6.07 Å². The Morgan fingerprint density at radius 3 is 2.60 bits per heavy atom. The first-order chi connectivity index (χ1) is 19.8. The summed E-state index contributed by atoms with van der Waals surface area (Å²) in [6, 6.07) is 9.04. The van der Waals surface area contributed by atoms with Crippen molar-refractivity contribution in [2.45, 2.75) is 94.4 Å². The van der Waals surface area contributed by atoms with Crippen molar-refractivity contribution in [3.63, 3.8) is 0 Å². The smallest absolute Gasteiger partial charge is 0.237 e. The molecule has 1 amide bonds. The molecule has 2 fully saturated rings. The summed E-state index contributed by atoms with van der Waals surface area (Å²) in [5.41, 5.74) is -2.99. The molecule has 4 rings (SSSR count). The average molecular weight is 623 g/mol. The Balaban J connectivity index is 1.84. The van der Waals surface area contributed by atoms with Crippen LogP contribution < -0.4 is 10.6 Å². The lowest BCUT2D eigenvalue weighted by atomic mass is 9.62. The molecule has 2 aromatic carbocycles. The molecule has 4 N–H and O–H groups in total. The highest BCUT2D eigenvalue weighted by Gasteiger charge is 2.61. The highest BCUT2D eigenvalue weighted by atomic mass is 35.5. The number of carbonyl (C=O) groups excluding carboxylic acids is 1. The van der Waals surface area contributed by atoms with Gasteiger partial charge in [-0.05, 0) is 62.3 Å². The van der Waals surface area contributed by atoms with Crippen LogP contribution in [0.5, 0.6) is 0 Å². The Morgan fingerprint density at radius 2 is 1.95 bits per heavy atom. The molecule has 1 aliphatic carbocycles. The second-order valence-electron chi connectivity index (χ2n) is 12.4. The van der Waals surface area contributed by atoms with Crippen LogP contribution in [0.2, 0.25) is 10.0 Å². The topological polar surface area (TPSA) is 105 Å². The van der Waals surface area contributed by atoms with E-state index in [0.717, 1.165) is 31.7 Å². The van der Waals surface area contributed by atoms with Gasteiger partial charge in [-0.2, -0.15) is 5.26 Å². The van der Waals surface area contributed by atoms with Crippen molar-refractivity contribution in [1.82, 2.24) is 10.6 Å². The molecule has 1 heterocycles. The van der Waals surface area contributed by atoms with Crippen LogP contribution in [0.1, 0.15) is 76.3 Å². The lowest BCUT2D eigenvalue weighted by Gasteiger charge is -2.38. The summed E-state index contributed by atoms with van der Waals surface area (Å²) in [7, 11) is 0. The molecule has 1 aliphatic heterocycles. The van der Waals surface area contributed by atoms with E-state index in [4.69, 9.17) is 23.2 Å². The third-order valence-electron chi connectivity index (χ3n) is 9.28. The lowest BCUT2D eigenvalue weighted by Crippen LogP contribution is -2.47. The van der Waals surface area contributed by atoms with Gasteiger partial charge in [0.25, 0.3) is 0 Å². The van der Waals surface area contributed by atoms with E-state index in [9.17, 15) is 20.3 Å². The SMILES string of the molecule is CC1CCCCC1CC1NC(C(=O)NCC[C@H](O)C(C)(C)O)C(c2cccc(Cl)c2F)C1(C#N)c1ccc(Cl)cc1F. The van der Waals surface area contributed by atoms with E-state index < -0.39 is 52.7 Å². The minimum absolute atomic E-state index is 0.0199. The molecule has 0 spiro atoms. The fourth-order valence-electron chi connectivity index (χ4n) is 6.82. The first-order valence-electron chi connectivity index (χ1n) is 14.6. The Labute approximate surface area is 256 Å². The molecule has 10 heteroatoms. The molecule has 0 aromatic heterocycles. The van der Waals surface area contributed by atoms with E-state index in [1.165, 1.54) is 38.1 Å². The van der Waals surface area contributed by atoms with Gasteiger partial charge >= 0.3 is 0 Å². The van der Waals surface area contributed by atoms with Crippen LogP contribution in [-0.4, -0.2) is 46.5 Å². The Hall–Kier alpha value is -2.28. The number of rotatable bonds is 9. The van der Waals surface area contributed by atoms with Crippen molar-refractivity contribution in [3.8, 4) is 6.07 Å². The molecule has 7 atom stereocenters. The maximum absolute atomic E-state index is 15.8. The Kier molecular flexibility index (Phi) is 10.2. The fraction of sp³-hybridized carbons (Fsp3) is 0.562. The van der Waals surface area contributed by atoms with Crippen LogP contribution in [0.3, 0.4) is 0 Å². The number of carbonyl (C=O) groups is 1. The molecule has 0 bridgehead atoms. The van der Waals surface area contributed by atoms with Gasteiger partial charge in [0.15, 0.2) is 0 Å². The number of aliphatic hydroxyl groups excluding tert-OH is 1. The molecule has 1 saturated carbocycles. The third-order valence-corrected chi connectivity index (χ3v) is 9.80. The first kappa shape index (κ1) is 32.6. The Bertz CT molecular complexity index is 1330. The summed E-state index contributed by atoms with van der Waals surface area (Å²) in [6.07, 6.45) is 3.57. The second-order valence-corrected chi connectivity index (χ2v) is 13.3. The van der Waals surface area contributed by atoms with Crippen molar-refractivity contribution < 1.29 is 23.8 Å².